The third-order valence-corrected chi connectivity index (χ3v) is 7.29. The summed E-state index contributed by atoms with van der Waals surface area (Å²) in [6.45, 7) is 0. The SMILES string of the molecule is CON=C(C(=O)On1nnc2ccccc21)c1csc(NC(c2ccccc2)(c2ccccc2)c2ccccc2)n1. The van der Waals surface area contributed by atoms with Gasteiger partial charge in [-0.25, -0.2) is 9.78 Å². The van der Waals surface area contributed by atoms with Crippen LogP contribution in [0.1, 0.15) is 22.4 Å². The van der Waals surface area contributed by atoms with Crippen LogP contribution < -0.4 is 10.2 Å². The Morgan fingerprint density at radius 2 is 1.39 bits per heavy atom. The molecule has 0 atom stereocenters. The fourth-order valence-corrected chi connectivity index (χ4v) is 5.45. The first-order valence-electron chi connectivity index (χ1n) is 12.7. The minimum atomic E-state index is -0.792. The van der Waals surface area contributed by atoms with Crippen molar-refractivity contribution in [3.05, 3.63) is 143 Å². The third-order valence-electron chi connectivity index (χ3n) is 6.53. The molecule has 0 aliphatic heterocycles. The Bertz CT molecular complexity index is 1710. The van der Waals surface area contributed by atoms with E-state index < -0.39 is 11.5 Å². The van der Waals surface area contributed by atoms with Crippen LogP contribution in [0.2, 0.25) is 0 Å². The Morgan fingerprint density at radius 1 is 0.829 bits per heavy atom. The Hall–Kier alpha value is -5.35. The first kappa shape index (κ1) is 25.9. The number of carbonyl (C=O) groups is 1. The lowest BCUT2D eigenvalue weighted by atomic mass is 9.77. The normalized spacial score (nSPS) is 11.8. The van der Waals surface area contributed by atoms with Crippen molar-refractivity contribution in [3.8, 4) is 0 Å². The summed E-state index contributed by atoms with van der Waals surface area (Å²) < 4.78 is 0. The number of nitrogens with zero attached hydrogens (tertiary/aromatic N) is 5. The van der Waals surface area contributed by atoms with Crippen molar-refractivity contribution in [2.24, 2.45) is 5.16 Å². The van der Waals surface area contributed by atoms with Crippen molar-refractivity contribution in [3.63, 3.8) is 0 Å². The Morgan fingerprint density at radius 3 is 1.98 bits per heavy atom. The summed E-state index contributed by atoms with van der Waals surface area (Å²) in [7, 11) is 1.36. The number of para-hydroxylation sites is 1. The highest BCUT2D eigenvalue weighted by Gasteiger charge is 2.37. The number of rotatable bonds is 9. The van der Waals surface area contributed by atoms with Gasteiger partial charge in [0.15, 0.2) is 5.13 Å². The number of carbonyl (C=O) groups excluding carboxylic acids is 1. The summed E-state index contributed by atoms with van der Waals surface area (Å²) in [5, 5.41) is 17.9. The highest BCUT2D eigenvalue weighted by Crippen LogP contribution is 2.40. The van der Waals surface area contributed by atoms with Crippen LogP contribution in [0.3, 0.4) is 0 Å². The number of aromatic nitrogens is 4. The van der Waals surface area contributed by atoms with Gasteiger partial charge in [-0.15, -0.1) is 16.4 Å². The van der Waals surface area contributed by atoms with E-state index in [1.165, 1.54) is 18.4 Å². The van der Waals surface area contributed by atoms with E-state index in [9.17, 15) is 4.79 Å². The molecule has 0 unspecified atom stereocenters. The Labute approximate surface area is 239 Å². The quantitative estimate of drug-likeness (QED) is 0.111. The molecule has 0 radical (unpaired) electrons. The number of nitrogens with one attached hydrogen (secondary N) is 1. The topological polar surface area (TPSA) is 104 Å². The molecule has 10 heteroatoms. The van der Waals surface area contributed by atoms with Crippen molar-refractivity contribution < 1.29 is 14.5 Å². The Balaban J connectivity index is 1.39. The number of benzene rings is 4. The standard InChI is InChI=1S/C31H24N6O3S/c1-39-35-28(29(38)40-37-27-20-12-11-19-25(27)34-36-37)26-21-41-30(32-26)33-31(22-13-5-2-6-14-22,23-15-7-3-8-16-23)24-17-9-4-10-18-24/h2-21H,1H3,(H,32,33). The zero-order valence-electron chi connectivity index (χ0n) is 21.9. The van der Waals surface area contributed by atoms with Crippen LogP contribution in [0.5, 0.6) is 0 Å². The molecule has 0 saturated heterocycles. The van der Waals surface area contributed by atoms with Crippen molar-refractivity contribution >= 4 is 39.2 Å². The number of fused-ring (bicyclic) bond motifs is 1. The molecule has 2 heterocycles. The van der Waals surface area contributed by atoms with Crippen molar-refractivity contribution in [2.45, 2.75) is 5.54 Å². The van der Waals surface area contributed by atoms with Gasteiger partial charge in [0.1, 0.15) is 29.4 Å². The predicted molar refractivity (Wildman–Crippen MR) is 158 cm³/mol. The molecule has 202 valence electrons. The van der Waals surface area contributed by atoms with Gasteiger partial charge in [0.2, 0.25) is 5.71 Å². The average molecular weight is 561 g/mol. The van der Waals surface area contributed by atoms with E-state index in [1.807, 2.05) is 60.7 Å². The van der Waals surface area contributed by atoms with Gasteiger partial charge < -0.3 is 15.0 Å². The molecule has 6 aromatic rings. The number of anilines is 1. The molecule has 6 rings (SSSR count). The van der Waals surface area contributed by atoms with E-state index in [-0.39, 0.29) is 11.4 Å². The van der Waals surface area contributed by atoms with E-state index in [4.69, 9.17) is 14.7 Å². The Kier molecular flexibility index (Phi) is 7.21. The summed E-state index contributed by atoms with van der Waals surface area (Å²) in [4.78, 5) is 29.5. The third kappa shape index (κ3) is 5.04. The van der Waals surface area contributed by atoms with Crippen molar-refractivity contribution in [1.29, 1.82) is 0 Å². The van der Waals surface area contributed by atoms with Crippen LogP contribution in [0.15, 0.2) is 126 Å². The van der Waals surface area contributed by atoms with Crippen LogP contribution in [-0.2, 0) is 15.2 Å². The highest BCUT2D eigenvalue weighted by atomic mass is 32.1. The highest BCUT2D eigenvalue weighted by molar-refractivity contribution is 7.14. The summed E-state index contributed by atoms with van der Waals surface area (Å²) in [5.74, 6) is -0.792. The second kappa shape index (κ2) is 11.4. The monoisotopic (exact) mass is 560 g/mol. The van der Waals surface area contributed by atoms with E-state index in [0.717, 1.165) is 21.5 Å². The fraction of sp³-hybridized carbons (Fsp3) is 0.0645. The summed E-state index contributed by atoms with van der Waals surface area (Å²) in [6, 6.07) is 37.7. The van der Waals surface area contributed by atoms with Gasteiger partial charge in [-0.05, 0) is 34.0 Å². The molecule has 0 bridgehead atoms. The molecule has 4 aromatic carbocycles. The van der Waals surface area contributed by atoms with Crippen LogP contribution in [0, 0.1) is 0 Å². The first-order valence-corrected chi connectivity index (χ1v) is 13.6. The van der Waals surface area contributed by atoms with Crippen molar-refractivity contribution in [1.82, 2.24) is 20.1 Å². The molecule has 1 N–H and O–H groups in total. The van der Waals surface area contributed by atoms with E-state index >= 15 is 0 Å². The van der Waals surface area contributed by atoms with Gasteiger partial charge in [-0.2, -0.15) is 0 Å². The molecule has 0 aliphatic rings. The smallest absolute Gasteiger partial charge is 0.389 e. The average Bonchev–Trinajstić information content (AvgIpc) is 3.67. The molecule has 41 heavy (non-hydrogen) atoms. The van der Waals surface area contributed by atoms with Crippen LogP contribution in [-0.4, -0.2) is 38.9 Å². The van der Waals surface area contributed by atoms with Crippen LogP contribution in [0.4, 0.5) is 5.13 Å². The second-order valence-corrected chi connectivity index (χ2v) is 9.82. The van der Waals surface area contributed by atoms with Gasteiger partial charge in [-0.3, -0.25) is 0 Å². The molecule has 0 saturated carbocycles. The van der Waals surface area contributed by atoms with Crippen LogP contribution >= 0.6 is 11.3 Å². The molecule has 0 fully saturated rings. The lowest BCUT2D eigenvalue weighted by Gasteiger charge is -2.36. The maximum atomic E-state index is 13.2. The summed E-state index contributed by atoms with van der Waals surface area (Å²) in [5.41, 5.74) is 3.60. The fourth-order valence-electron chi connectivity index (χ4n) is 4.70. The summed E-state index contributed by atoms with van der Waals surface area (Å²) >= 11 is 1.34. The van der Waals surface area contributed by atoms with E-state index in [2.05, 4.69) is 57.2 Å². The van der Waals surface area contributed by atoms with E-state index in [1.54, 1.807) is 23.6 Å². The van der Waals surface area contributed by atoms with Crippen LogP contribution in [0.25, 0.3) is 11.0 Å². The zero-order valence-corrected chi connectivity index (χ0v) is 22.7. The maximum absolute atomic E-state index is 13.2. The van der Waals surface area contributed by atoms with E-state index in [0.29, 0.717) is 16.2 Å². The molecule has 0 spiro atoms. The molecule has 0 amide bonds. The zero-order chi connectivity index (χ0) is 28.1. The molecule has 2 aromatic heterocycles. The number of thiazole rings is 1. The minimum absolute atomic E-state index is 0.110. The van der Waals surface area contributed by atoms with Crippen molar-refractivity contribution in [2.75, 3.05) is 12.4 Å². The number of hydrogen-bond donors (Lipinski definition) is 1. The molecular formula is C31H24N6O3S. The number of hydrogen-bond acceptors (Lipinski definition) is 9. The number of oxime groups is 1. The molecule has 0 aliphatic carbocycles. The lowest BCUT2D eigenvalue weighted by molar-refractivity contribution is -0.137. The largest absolute Gasteiger partial charge is 0.398 e. The molecule has 9 nitrogen and oxygen atoms in total. The summed E-state index contributed by atoms with van der Waals surface area (Å²) in [6.07, 6.45) is 0. The van der Waals surface area contributed by atoms with Gasteiger partial charge in [-0.1, -0.05) is 113 Å². The van der Waals surface area contributed by atoms with Gasteiger partial charge >= 0.3 is 5.97 Å². The van der Waals surface area contributed by atoms with Gasteiger partial charge in [0.25, 0.3) is 0 Å². The second-order valence-electron chi connectivity index (χ2n) is 8.96. The van der Waals surface area contributed by atoms with Gasteiger partial charge in [0.05, 0.1) is 0 Å². The first-order chi connectivity index (χ1) is 20.2. The lowest BCUT2D eigenvalue weighted by Crippen LogP contribution is -2.38. The molecular weight excluding hydrogens is 536 g/mol. The van der Waals surface area contributed by atoms with Gasteiger partial charge in [0, 0.05) is 5.38 Å². The predicted octanol–water partition coefficient (Wildman–Crippen LogP) is 5.30. The maximum Gasteiger partial charge on any atom is 0.389 e. The minimum Gasteiger partial charge on any atom is -0.398 e.